The molecular weight excluding hydrogens is 370 g/mol. The topological polar surface area (TPSA) is 47.0 Å². The Bertz CT molecular complexity index is 1010. The molecule has 0 radical (unpaired) electrons. The van der Waals surface area contributed by atoms with Gasteiger partial charge >= 0.3 is 0 Å². The van der Waals surface area contributed by atoms with Gasteiger partial charge in [0.2, 0.25) is 5.13 Å². The van der Waals surface area contributed by atoms with Crippen molar-refractivity contribution in [1.82, 2.24) is 4.98 Å². The fourth-order valence-corrected chi connectivity index (χ4v) is 4.19. The molecule has 0 spiro atoms. The van der Waals surface area contributed by atoms with Gasteiger partial charge in [0.05, 0.1) is 31.7 Å². The predicted molar refractivity (Wildman–Crippen MR) is 114 cm³/mol. The maximum Gasteiger partial charge on any atom is 0.206 e. The first-order valence-electron chi connectivity index (χ1n) is 9.17. The molecule has 1 aliphatic heterocycles. The van der Waals surface area contributed by atoms with Crippen LogP contribution in [0.5, 0.6) is 11.5 Å². The molecule has 0 aliphatic carbocycles. The maximum atomic E-state index is 5.59. The van der Waals surface area contributed by atoms with Crippen LogP contribution >= 0.6 is 11.3 Å². The van der Waals surface area contributed by atoms with E-state index in [0.717, 1.165) is 40.0 Å². The van der Waals surface area contributed by atoms with E-state index in [-0.39, 0.29) is 6.04 Å². The summed E-state index contributed by atoms with van der Waals surface area (Å²) >= 11 is 1.62. The van der Waals surface area contributed by atoms with E-state index in [0.29, 0.717) is 0 Å². The highest BCUT2D eigenvalue weighted by molar-refractivity contribution is 7.13. The molecule has 1 aromatic heterocycles. The van der Waals surface area contributed by atoms with Gasteiger partial charge in [-0.15, -0.1) is 11.3 Å². The second kappa shape index (κ2) is 7.64. The Morgan fingerprint density at radius 2 is 1.82 bits per heavy atom. The molecule has 0 fully saturated rings. The van der Waals surface area contributed by atoms with Crippen molar-refractivity contribution >= 4 is 22.2 Å². The van der Waals surface area contributed by atoms with Gasteiger partial charge in [-0.25, -0.2) is 9.99 Å². The molecular formula is C22H23N3O2S. The molecule has 1 atom stereocenters. The summed E-state index contributed by atoms with van der Waals surface area (Å²) in [6, 6.07) is 14.5. The van der Waals surface area contributed by atoms with Crippen molar-refractivity contribution in [2.75, 3.05) is 19.2 Å². The van der Waals surface area contributed by atoms with Gasteiger partial charge in [0.25, 0.3) is 0 Å². The molecule has 0 bridgehead atoms. The first kappa shape index (κ1) is 18.5. The summed E-state index contributed by atoms with van der Waals surface area (Å²) in [5.41, 5.74) is 5.39. The van der Waals surface area contributed by atoms with Crippen molar-refractivity contribution in [3.05, 3.63) is 70.2 Å². The number of aromatic nitrogens is 1. The van der Waals surface area contributed by atoms with E-state index in [1.54, 1.807) is 25.6 Å². The van der Waals surface area contributed by atoms with Crippen molar-refractivity contribution in [3.8, 4) is 11.5 Å². The molecule has 2 heterocycles. The lowest BCUT2D eigenvalue weighted by molar-refractivity contribution is 0.402. The quantitative estimate of drug-likeness (QED) is 0.603. The van der Waals surface area contributed by atoms with Crippen molar-refractivity contribution in [3.63, 3.8) is 0 Å². The fourth-order valence-electron chi connectivity index (χ4n) is 3.38. The summed E-state index contributed by atoms with van der Waals surface area (Å²) in [5, 5.41) is 9.97. The number of rotatable bonds is 5. The number of nitrogens with zero attached hydrogens (tertiary/aromatic N) is 3. The fraction of sp³-hybridized carbons (Fsp3) is 0.273. The average molecular weight is 394 g/mol. The monoisotopic (exact) mass is 393 g/mol. The van der Waals surface area contributed by atoms with Crippen LogP contribution in [0.2, 0.25) is 0 Å². The van der Waals surface area contributed by atoms with E-state index in [1.165, 1.54) is 11.1 Å². The van der Waals surface area contributed by atoms with Gasteiger partial charge < -0.3 is 9.47 Å². The molecule has 0 saturated heterocycles. The molecule has 0 N–H and O–H groups in total. The summed E-state index contributed by atoms with van der Waals surface area (Å²) < 4.78 is 11.0. The molecule has 144 valence electrons. The summed E-state index contributed by atoms with van der Waals surface area (Å²) in [5.74, 6) is 1.58. The molecule has 0 saturated carbocycles. The Morgan fingerprint density at radius 3 is 2.46 bits per heavy atom. The largest absolute Gasteiger partial charge is 0.497 e. The van der Waals surface area contributed by atoms with E-state index in [9.17, 15) is 0 Å². The second-order valence-electron chi connectivity index (χ2n) is 6.86. The van der Waals surface area contributed by atoms with Crippen LogP contribution in [0.15, 0.2) is 52.9 Å². The molecule has 4 rings (SSSR count). The standard InChI is InChI=1S/C22H23N3O2S/c1-14-5-7-16(8-6-14)20-12-19(24-25(20)22-23-15(2)13-28-22)18-11-17(26-3)9-10-21(18)27-4/h5-11,13,20H,12H2,1-4H3/t20-/m1/s1. The van der Waals surface area contributed by atoms with Crippen molar-refractivity contribution in [1.29, 1.82) is 0 Å². The summed E-state index contributed by atoms with van der Waals surface area (Å²) in [7, 11) is 3.35. The number of ether oxygens (including phenoxy) is 2. The molecule has 5 nitrogen and oxygen atoms in total. The molecule has 2 aromatic carbocycles. The number of hydrazone groups is 1. The number of anilines is 1. The molecule has 0 unspecified atom stereocenters. The van der Waals surface area contributed by atoms with E-state index < -0.39 is 0 Å². The van der Waals surface area contributed by atoms with Crippen LogP contribution in [0.1, 0.15) is 34.8 Å². The van der Waals surface area contributed by atoms with Gasteiger partial charge in [-0.1, -0.05) is 29.8 Å². The Kier molecular flexibility index (Phi) is 5.05. The normalized spacial score (nSPS) is 16.2. The lowest BCUT2D eigenvalue weighted by atomic mass is 9.97. The van der Waals surface area contributed by atoms with Crippen molar-refractivity contribution in [2.45, 2.75) is 26.3 Å². The summed E-state index contributed by atoms with van der Waals surface area (Å²) in [4.78, 5) is 4.67. The van der Waals surface area contributed by atoms with Crippen LogP contribution in [-0.2, 0) is 0 Å². The smallest absolute Gasteiger partial charge is 0.206 e. The highest BCUT2D eigenvalue weighted by Gasteiger charge is 2.32. The van der Waals surface area contributed by atoms with Gasteiger partial charge in [-0.2, -0.15) is 5.10 Å². The molecule has 0 amide bonds. The van der Waals surface area contributed by atoms with Crippen LogP contribution in [0, 0.1) is 13.8 Å². The van der Waals surface area contributed by atoms with Crippen LogP contribution in [0.3, 0.4) is 0 Å². The number of aryl methyl sites for hydroxylation is 2. The predicted octanol–water partition coefficient (Wildman–Crippen LogP) is 5.13. The third kappa shape index (κ3) is 3.47. The third-order valence-electron chi connectivity index (χ3n) is 4.89. The SMILES string of the molecule is COc1ccc(OC)c(C2=NN(c3nc(C)cs3)[C@@H](c3ccc(C)cc3)C2)c1. The Morgan fingerprint density at radius 1 is 1.04 bits per heavy atom. The molecule has 1 aliphatic rings. The zero-order valence-corrected chi connectivity index (χ0v) is 17.3. The van der Waals surface area contributed by atoms with Gasteiger partial charge in [0.15, 0.2) is 0 Å². The van der Waals surface area contributed by atoms with Gasteiger partial charge in [0.1, 0.15) is 11.5 Å². The lowest BCUT2D eigenvalue weighted by Gasteiger charge is -2.21. The number of thiazole rings is 1. The van der Waals surface area contributed by atoms with Crippen LogP contribution in [0.25, 0.3) is 0 Å². The van der Waals surface area contributed by atoms with E-state index >= 15 is 0 Å². The number of hydrogen-bond acceptors (Lipinski definition) is 6. The highest BCUT2D eigenvalue weighted by Crippen LogP contribution is 2.40. The summed E-state index contributed by atoms with van der Waals surface area (Å²) in [6.07, 6.45) is 0.769. The molecule has 3 aromatic rings. The zero-order valence-electron chi connectivity index (χ0n) is 16.5. The Hall–Kier alpha value is -2.86. The average Bonchev–Trinajstić information content (AvgIpc) is 3.34. The van der Waals surface area contributed by atoms with Gasteiger partial charge in [0, 0.05) is 17.4 Å². The second-order valence-corrected chi connectivity index (χ2v) is 7.70. The zero-order chi connectivity index (χ0) is 19.7. The first-order valence-corrected chi connectivity index (χ1v) is 10.0. The lowest BCUT2D eigenvalue weighted by Crippen LogP contribution is -2.18. The third-order valence-corrected chi connectivity index (χ3v) is 5.84. The van der Waals surface area contributed by atoms with Crippen molar-refractivity contribution in [2.24, 2.45) is 5.10 Å². The van der Waals surface area contributed by atoms with Crippen LogP contribution < -0.4 is 14.5 Å². The van der Waals surface area contributed by atoms with Crippen molar-refractivity contribution < 1.29 is 9.47 Å². The minimum atomic E-state index is 0.0945. The van der Waals surface area contributed by atoms with Crippen LogP contribution in [-0.4, -0.2) is 24.9 Å². The minimum absolute atomic E-state index is 0.0945. The first-order chi connectivity index (χ1) is 13.6. The Labute approximate surface area is 169 Å². The summed E-state index contributed by atoms with van der Waals surface area (Å²) in [6.45, 7) is 4.11. The minimum Gasteiger partial charge on any atom is -0.497 e. The number of benzene rings is 2. The van der Waals surface area contributed by atoms with Gasteiger partial charge in [-0.3, -0.25) is 0 Å². The number of methoxy groups -OCH3 is 2. The van der Waals surface area contributed by atoms with E-state index in [4.69, 9.17) is 14.6 Å². The Balaban J connectivity index is 1.78. The maximum absolute atomic E-state index is 5.59. The van der Waals surface area contributed by atoms with Crippen LogP contribution in [0.4, 0.5) is 5.13 Å². The van der Waals surface area contributed by atoms with Gasteiger partial charge in [-0.05, 0) is 37.6 Å². The highest BCUT2D eigenvalue weighted by atomic mass is 32.1. The van der Waals surface area contributed by atoms with E-state index in [2.05, 4.69) is 41.6 Å². The molecule has 28 heavy (non-hydrogen) atoms. The van der Waals surface area contributed by atoms with E-state index in [1.807, 2.05) is 30.1 Å². The number of hydrogen-bond donors (Lipinski definition) is 0. The molecule has 6 heteroatoms.